The van der Waals surface area contributed by atoms with Crippen LogP contribution in [-0.2, 0) is 9.84 Å². The third-order valence-corrected chi connectivity index (χ3v) is 5.75. The van der Waals surface area contributed by atoms with Crippen LogP contribution in [0.15, 0.2) is 42.5 Å². The van der Waals surface area contributed by atoms with Crippen molar-refractivity contribution in [3.63, 3.8) is 0 Å². The van der Waals surface area contributed by atoms with Gasteiger partial charge in [-0.15, -0.1) is 5.10 Å². The van der Waals surface area contributed by atoms with E-state index in [0.29, 0.717) is 24.9 Å². The van der Waals surface area contributed by atoms with E-state index in [1.165, 1.54) is 0 Å². The molecule has 1 saturated heterocycles. The van der Waals surface area contributed by atoms with Crippen LogP contribution < -0.4 is 4.90 Å². The first kappa shape index (κ1) is 14.2. The largest absolute Gasteiger partial charge is 0.338 e. The zero-order valence-electron chi connectivity index (χ0n) is 12.4. The molecule has 0 aliphatic carbocycles. The topological polar surface area (TPSA) is 79.0 Å². The molecule has 0 unspecified atom stereocenters. The molecule has 0 radical (unpaired) electrons. The standard InChI is InChI=1S/C16H16N4O2S/c21-23(22)10-8-20(9-11-23)16-17-15(18-19-16)14-7-3-5-12-4-1-2-6-13(12)14/h1-7H,8-11H2,(H,17,18,19). The van der Waals surface area contributed by atoms with Crippen LogP contribution in [-0.4, -0.2) is 48.2 Å². The van der Waals surface area contributed by atoms with E-state index in [4.69, 9.17) is 0 Å². The van der Waals surface area contributed by atoms with Crippen molar-refractivity contribution < 1.29 is 8.42 Å². The Hall–Kier alpha value is -2.41. The molecule has 0 amide bonds. The van der Waals surface area contributed by atoms with E-state index in [1.807, 2.05) is 29.2 Å². The zero-order chi connectivity index (χ0) is 15.9. The molecule has 1 aromatic heterocycles. The number of fused-ring (bicyclic) bond motifs is 1. The fourth-order valence-electron chi connectivity index (χ4n) is 2.86. The number of nitrogens with one attached hydrogen (secondary N) is 1. The molecule has 0 atom stereocenters. The van der Waals surface area contributed by atoms with Crippen LogP contribution in [0.1, 0.15) is 0 Å². The molecule has 6 nitrogen and oxygen atoms in total. The second-order valence-electron chi connectivity index (χ2n) is 5.65. The minimum Gasteiger partial charge on any atom is -0.338 e. The van der Waals surface area contributed by atoms with Crippen LogP contribution in [0.4, 0.5) is 5.95 Å². The molecule has 3 aromatic rings. The van der Waals surface area contributed by atoms with Crippen LogP contribution in [0.3, 0.4) is 0 Å². The molecule has 0 saturated carbocycles. The summed E-state index contributed by atoms with van der Waals surface area (Å²) >= 11 is 0. The number of rotatable bonds is 2. The quantitative estimate of drug-likeness (QED) is 0.777. The summed E-state index contributed by atoms with van der Waals surface area (Å²) in [6.07, 6.45) is 0. The van der Waals surface area contributed by atoms with Gasteiger partial charge in [0.1, 0.15) is 0 Å². The fraction of sp³-hybridized carbons (Fsp3) is 0.250. The maximum Gasteiger partial charge on any atom is 0.245 e. The van der Waals surface area contributed by atoms with Crippen LogP contribution in [0, 0.1) is 0 Å². The summed E-state index contributed by atoms with van der Waals surface area (Å²) in [4.78, 5) is 6.48. The van der Waals surface area contributed by atoms with Gasteiger partial charge in [0.15, 0.2) is 15.7 Å². The molecule has 118 valence electrons. The van der Waals surface area contributed by atoms with E-state index in [1.54, 1.807) is 0 Å². The van der Waals surface area contributed by atoms with Crippen molar-refractivity contribution in [3.05, 3.63) is 42.5 Å². The van der Waals surface area contributed by atoms with Gasteiger partial charge in [-0.25, -0.2) is 8.42 Å². The predicted molar refractivity (Wildman–Crippen MR) is 90.2 cm³/mol. The molecule has 1 fully saturated rings. The normalized spacial score (nSPS) is 17.5. The Balaban J connectivity index is 1.68. The number of H-pyrrole nitrogens is 1. The molecule has 23 heavy (non-hydrogen) atoms. The zero-order valence-corrected chi connectivity index (χ0v) is 13.3. The molecular weight excluding hydrogens is 312 g/mol. The van der Waals surface area contributed by atoms with Gasteiger partial charge in [0, 0.05) is 18.7 Å². The van der Waals surface area contributed by atoms with Gasteiger partial charge in [0.2, 0.25) is 5.95 Å². The number of hydrogen-bond acceptors (Lipinski definition) is 5. The van der Waals surface area contributed by atoms with Gasteiger partial charge in [0.25, 0.3) is 0 Å². The van der Waals surface area contributed by atoms with Crippen LogP contribution in [0.2, 0.25) is 0 Å². The summed E-state index contributed by atoms with van der Waals surface area (Å²) in [7, 11) is -2.91. The molecule has 1 N–H and O–H groups in total. The maximum atomic E-state index is 11.5. The van der Waals surface area contributed by atoms with Crippen LogP contribution >= 0.6 is 0 Å². The monoisotopic (exact) mass is 328 g/mol. The number of aromatic nitrogens is 3. The van der Waals surface area contributed by atoms with E-state index in [9.17, 15) is 8.42 Å². The third-order valence-electron chi connectivity index (χ3n) is 4.15. The second-order valence-corrected chi connectivity index (χ2v) is 7.95. The highest BCUT2D eigenvalue weighted by atomic mass is 32.2. The van der Waals surface area contributed by atoms with Gasteiger partial charge in [-0.1, -0.05) is 42.5 Å². The Labute approximate surface area is 134 Å². The Bertz CT molecular complexity index is 946. The molecule has 0 bridgehead atoms. The maximum absolute atomic E-state index is 11.5. The minimum atomic E-state index is -2.91. The van der Waals surface area contributed by atoms with Crippen molar-refractivity contribution >= 4 is 26.6 Å². The summed E-state index contributed by atoms with van der Waals surface area (Å²) in [5, 5.41) is 9.50. The molecular formula is C16H16N4O2S. The molecule has 1 aliphatic heterocycles. The van der Waals surface area contributed by atoms with Crippen LogP contribution in [0.25, 0.3) is 22.2 Å². The van der Waals surface area contributed by atoms with Crippen molar-refractivity contribution in [3.8, 4) is 11.4 Å². The first-order chi connectivity index (χ1) is 11.1. The first-order valence-electron chi connectivity index (χ1n) is 7.48. The predicted octanol–water partition coefficient (Wildman–Crippen LogP) is 1.86. The fourth-order valence-corrected chi connectivity index (χ4v) is 4.06. The number of nitrogens with zero attached hydrogens (tertiary/aromatic N) is 3. The van der Waals surface area contributed by atoms with Gasteiger partial charge < -0.3 is 4.90 Å². The lowest BCUT2D eigenvalue weighted by atomic mass is 10.0. The SMILES string of the molecule is O=S1(=O)CCN(c2n[nH]c(-c3cccc4ccccc34)n2)CC1. The lowest BCUT2D eigenvalue weighted by Crippen LogP contribution is -2.40. The Morgan fingerprint density at radius 1 is 1.00 bits per heavy atom. The van der Waals surface area contributed by atoms with Crippen molar-refractivity contribution in [2.24, 2.45) is 0 Å². The number of anilines is 1. The van der Waals surface area contributed by atoms with E-state index < -0.39 is 9.84 Å². The lowest BCUT2D eigenvalue weighted by molar-refractivity contribution is 0.585. The van der Waals surface area contributed by atoms with Crippen molar-refractivity contribution in [1.29, 1.82) is 0 Å². The first-order valence-corrected chi connectivity index (χ1v) is 9.30. The van der Waals surface area contributed by atoms with E-state index in [-0.39, 0.29) is 11.5 Å². The molecule has 2 heterocycles. The van der Waals surface area contributed by atoms with E-state index in [0.717, 1.165) is 16.3 Å². The molecule has 2 aromatic carbocycles. The second kappa shape index (κ2) is 5.34. The molecule has 0 spiro atoms. The van der Waals surface area contributed by atoms with Crippen molar-refractivity contribution in [2.45, 2.75) is 0 Å². The highest BCUT2D eigenvalue weighted by molar-refractivity contribution is 7.91. The molecule has 7 heteroatoms. The summed E-state index contributed by atoms with van der Waals surface area (Å²) in [5.41, 5.74) is 0.992. The van der Waals surface area contributed by atoms with Gasteiger partial charge in [-0.3, -0.25) is 5.10 Å². The number of sulfone groups is 1. The highest BCUT2D eigenvalue weighted by Gasteiger charge is 2.24. The summed E-state index contributed by atoms with van der Waals surface area (Å²) in [6.45, 7) is 0.879. The Morgan fingerprint density at radius 2 is 1.74 bits per heavy atom. The van der Waals surface area contributed by atoms with Crippen molar-refractivity contribution in [1.82, 2.24) is 15.2 Å². The number of aromatic amines is 1. The van der Waals surface area contributed by atoms with Gasteiger partial charge >= 0.3 is 0 Å². The smallest absolute Gasteiger partial charge is 0.245 e. The third kappa shape index (κ3) is 2.68. The molecule has 4 rings (SSSR count). The lowest BCUT2D eigenvalue weighted by Gasteiger charge is -2.25. The number of hydrogen-bond donors (Lipinski definition) is 1. The summed E-state index contributed by atoms with van der Waals surface area (Å²) in [5.74, 6) is 1.57. The van der Waals surface area contributed by atoms with E-state index in [2.05, 4.69) is 33.4 Å². The minimum absolute atomic E-state index is 0.158. The summed E-state index contributed by atoms with van der Waals surface area (Å²) < 4.78 is 23.1. The van der Waals surface area contributed by atoms with Crippen LogP contribution in [0.5, 0.6) is 0 Å². The average Bonchev–Trinajstić information content (AvgIpc) is 3.04. The van der Waals surface area contributed by atoms with Gasteiger partial charge in [0.05, 0.1) is 11.5 Å². The van der Waals surface area contributed by atoms with Crippen molar-refractivity contribution in [2.75, 3.05) is 29.5 Å². The van der Waals surface area contributed by atoms with Gasteiger partial charge in [-0.2, -0.15) is 4.98 Å². The molecule has 1 aliphatic rings. The summed E-state index contributed by atoms with van der Waals surface area (Å²) in [6, 6.07) is 14.2. The van der Waals surface area contributed by atoms with Gasteiger partial charge in [-0.05, 0) is 10.8 Å². The highest BCUT2D eigenvalue weighted by Crippen LogP contribution is 2.27. The number of benzene rings is 2. The average molecular weight is 328 g/mol. The Morgan fingerprint density at radius 3 is 2.57 bits per heavy atom. The van der Waals surface area contributed by atoms with E-state index >= 15 is 0 Å². The Kier molecular flexibility index (Phi) is 3.30.